The van der Waals surface area contributed by atoms with Crippen molar-refractivity contribution < 1.29 is 14.3 Å². The van der Waals surface area contributed by atoms with Gasteiger partial charge < -0.3 is 9.64 Å². The first-order valence-electron chi connectivity index (χ1n) is 11.7. The maximum atomic E-state index is 12.9. The minimum Gasteiger partial charge on any atom is -0.466 e. The number of nitrogens with zero attached hydrogens (tertiary/aromatic N) is 1. The summed E-state index contributed by atoms with van der Waals surface area (Å²) in [6.45, 7) is 5.93. The van der Waals surface area contributed by atoms with E-state index in [2.05, 4.69) is 53.2 Å². The highest BCUT2D eigenvalue weighted by atomic mass is 79.9. The molecule has 1 aliphatic carbocycles. The lowest BCUT2D eigenvalue weighted by molar-refractivity contribution is -0.143. The molecule has 2 aromatic rings. The molecule has 4 nitrogen and oxygen atoms in total. The number of benzene rings is 2. The van der Waals surface area contributed by atoms with Gasteiger partial charge in [-0.25, -0.2) is 0 Å². The molecular weight excluding hydrogens is 466 g/mol. The van der Waals surface area contributed by atoms with Crippen molar-refractivity contribution in [1.82, 2.24) is 4.90 Å². The lowest BCUT2D eigenvalue weighted by atomic mass is 9.73. The van der Waals surface area contributed by atoms with E-state index in [1.807, 2.05) is 24.0 Å². The summed E-state index contributed by atoms with van der Waals surface area (Å²) in [4.78, 5) is 27.2. The van der Waals surface area contributed by atoms with Crippen molar-refractivity contribution in [3.05, 3.63) is 69.2 Å². The third-order valence-electron chi connectivity index (χ3n) is 7.31. The van der Waals surface area contributed by atoms with Crippen LogP contribution < -0.4 is 0 Å². The first kappa shape index (κ1) is 23.0. The molecule has 0 aromatic heterocycles. The van der Waals surface area contributed by atoms with Crippen LogP contribution in [0.15, 0.2) is 46.9 Å². The predicted octanol–water partition coefficient (Wildman–Crippen LogP) is 5.69. The molecule has 0 saturated carbocycles. The van der Waals surface area contributed by atoms with Gasteiger partial charge in [0, 0.05) is 29.4 Å². The van der Waals surface area contributed by atoms with Crippen molar-refractivity contribution >= 4 is 27.8 Å². The number of halogens is 1. The summed E-state index contributed by atoms with van der Waals surface area (Å²) < 4.78 is 6.37. The van der Waals surface area contributed by atoms with Crippen LogP contribution in [-0.2, 0) is 26.2 Å². The highest BCUT2D eigenvalue weighted by Crippen LogP contribution is 2.55. The van der Waals surface area contributed by atoms with Gasteiger partial charge in [0.2, 0.25) is 5.91 Å². The number of hydrogen-bond acceptors (Lipinski definition) is 3. The van der Waals surface area contributed by atoms with E-state index in [-0.39, 0.29) is 23.2 Å². The van der Waals surface area contributed by atoms with Gasteiger partial charge >= 0.3 is 5.97 Å². The molecular formula is C27H32BrNO3. The van der Waals surface area contributed by atoms with E-state index >= 15 is 0 Å². The van der Waals surface area contributed by atoms with Crippen LogP contribution in [-0.4, -0.2) is 36.5 Å². The van der Waals surface area contributed by atoms with Crippen LogP contribution in [0, 0.1) is 6.92 Å². The highest BCUT2D eigenvalue weighted by molar-refractivity contribution is 9.10. The molecule has 2 aliphatic rings. The maximum Gasteiger partial charge on any atom is 0.306 e. The second kappa shape index (κ2) is 9.78. The van der Waals surface area contributed by atoms with Gasteiger partial charge in [-0.05, 0) is 73.8 Å². The number of amides is 1. The average Bonchev–Trinajstić information content (AvgIpc) is 3.07. The molecule has 4 rings (SSSR count). The Morgan fingerprint density at radius 3 is 2.59 bits per heavy atom. The van der Waals surface area contributed by atoms with Gasteiger partial charge in [-0.2, -0.15) is 0 Å². The molecule has 0 bridgehead atoms. The monoisotopic (exact) mass is 497 g/mol. The van der Waals surface area contributed by atoms with Gasteiger partial charge in [0.05, 0.1) is 13.0 Å². The summed E-state index contributed by atoms with van der Waals surface area (Å²) in [7, 11) is 0. The van der Waals surface area contributed by atoms with Crippen molar-refractivity contribution in [3.63, 3.8) is 0 Å². The number of piperidine rings is 1. The van der Waals surface area contributed by atoms with Crippen LogP contribution in [0.4, 0.5) is 0 Å². The summed E-state index contributed by atoms with van der Waals surface area (Å²) in [5.41, 5.74) is 5.15. The molecule has 1 heterocycles. The standard InChI is InChI=1S/C27H32BrNO3/c1-3-32-25(31)17-21-18-27(26-22(21)9-6-10-23(26)28)13-15-29(16-14-27)24(30)12-11-20-8-5-4-7-19(20)2/h4-10,21H,3,11-18H2,1-2H3. The van der Waals surface area contributed by atoms with E-state index in [0.29, 0.717) is 19.4 Å². The normalized spacial score (nSPS) is 19.1. The van der Waals surface area contributed by atoms with E-state index in [0.717, 1.165) is 43.2 Å². The smallest absolute Gasteiger partial charge is 0.306 e. The van der Waals surface area contributed by atoms with Crippen molar-refractivity contribution in [2.24, 2.45) is 0 Å². The third-order valence-corrected chi connectivity index (χ3v) is 7.98. The summed E-state index contributed by atoms with van der Waals surface area (Å²) in [6.07, 6.45) is 4.62. The van der Waals surface area contributed by atoms with Crippen LogP contribution in [0.25, 0.3) is 0 Å². The first-order valence-corrected chi connectivity index (χ1v) is 12.5. The van der Waals surface area contributed by atoms with Gasteiger partial charge in [0.15, 0.2) is 0 Å². The molecule has 1 saturated heterocycles. The molecule has 1 fully saturated rings. The number of rotatable bonds is 6. The molecule has 170 valence electrons. The minimum absolute atomic E-state index is 0.0272. The Morgan fingerprint density at radius 1 is 1.12 bits per heavy atom. The second-order valence-corrected chi connectivity index (χ2v) is 10.1. The molecule has 1 aliphatic heterocycles. The molecule has 1 atom stereocenters. The fourth-order valence-corrected chi connectivity index (χ4v) is 6.46. The van der Waals surface area contributed by atoms with Crippen LogP contribution in [0.2, 0.25) is 0 Å². The second-order valence-electron chi connectivity index (χ2n) is 9.20. The highest BCUT2D eigenvalue weighted by Gasteiger charge is 2.47. The molecule has 1 spiro atoms. The number of esters is 1. The lowest BCUT2D eigenvalue weighted by Crippen LogP contribution is -2.44. The van der Waals surface area contributed by atoms with E-state index in [4.69, 9.17) is 4.74 Å². The summed E-state index contributed by atoms with van der Waals surface area (Å²) >= 11 is 3.79. The van der Waals surface area contributed by atoms with E-state index in [9.17, 15) is 9.59 Å². The molecule has 1 amide bonds. The van der Waals surface area contributed by atoms with Crippen molar-refractivity contribution in [2.75, 3.05) is 19.7 Å². The van der Waals surface area contributed by atoms with Crippen molar-refractivity contribution in [3.8, 4) is 0 Å². The average molecular weight is 498 g/mol. The topological polar surface area (TPSA) is 46.6 Å². The van der Waals surface area contributed by atoms with Crippen LogP contribution in [0.3, 0.4) is 0 Å². The van der Waals surface area contributed by atoms with Gasteiger partial charge in [-0.15, -0.1) is 0 Å². The quantitative estimate of drug-likeness (QED) is 0.481. The molecule has 2 aromatic carbocycles. The fraction of sp³-hybridized carbons (Fsp3) is 0.481. The minimum atomic E-state index is -0.121. The Morgan fingerprint density at radius 2 is 1.88 bits per heavy atom. The first-order chi connectivity index (χ1) is 15.4. The maximum absolute atomic E-state index is 12.9. The number of aryl methyl sites for hydroxylation is 2. The van der Waals surface area contributed by atoms with Crippen LogP contribution in [0.1, 0.15) is 67.2 Å². The van der Waals surface area contributed by atoms with Crippen LogP contribution in [0.5, 0.6) is 0 Å². The number of carbonyl (C=O) groups is 2. The van der Waals surface area contributed by atoms with Gasteiger partial charge in [0.1, 0.15) is 0 Å². The lowest BCUT2D eigenvalue weighted by Gasteiger charge is -2.41. The number of hydrogen-bond donors (Lipinski definition) is 0. The number of fused-ring (bicyclic) bond motifs is 2. The molecule has 0 radical (unpaired) electrons. The largest absolute Gasteiger partial charge is 0.466 e. The predicted molar refractivity (Wildman–Crippen MR) is 130 cm³/mol. The number of ether oxygens (including phenoxy) is 1. The Balaban J connectivity index is 1.43. The zero-order chi connectivity index (χ0) is 22.7. The van der Waals surface area contributed by atoms with E-state index in [1.54, 1.807) is 0 Å². The fourth-order valence-electron chi connectivity index (χ4n) is 5.66. The van der Waals surface area contributed by atoms with Crippen LogP contribution >= 0.6 is 15.9 Å². The molecule has 32 heavy (non-hydrogen) atoms. The van der Waals surface area contributed by atoms with E-state index < -0.39 is 0 Å². The Hall–Kier alpha value is -2.14. The summed E-state index contributed by atoms with van der Waals surface area (Å²) in [6, 6.07) is 14.6. The van der Waals surface area contributed by atoms with Crippen molar-refractivity contribution in [2.45, 2.75) is 63.7 Å². The SMILES string of the molecule is CCOC(=O)CC1CC2(CCN(C(=O)CCc3ccccc3C)CC2)c2c(Br)cccc21. The van der Waals surface area contributed by atoms with Gasteiger partial charge in [-0.3, -0.25) is 9.59 Å². The Kier molecular flexibility index (Phi) is 7.04. The zero-order valence-electron chi connectivity index (χ0n) is 19.0. The zero-order valence-corrected chi connectivity index (χ0v) is 20.6. The molecule has 1 unspecified atom stereocenters. The Labute approximate surface area is 199 Å². The van der Waals surface area contributed by atoms with Gasteiger partial charge in [0.25, 0.3) is 0 Å². The van der Waals surface area contributed by atoms with E-state index in [1.165, 1.54) is 22.3 Å². The van der Waals surface area contributed by atoms with Gasteiger partial charge in [-0.1, -0.05) is 52.3 Å². The molecule has 0 N–H and O–H groups in total. The van der Waals surface area contributed by atoms with Crippen molar-refractivity contribution in [1.29, 1.82) is 0 Å². The summed E-state index contributed by atoms with van der Waals surface area (Å²) in [5, 5.41) is 0. The number of likely N-dealkylation sites (tertiary alicyclic amines) is 1. The summed E-state index contributed by atoms with van der Waals surface area (Å²) in [5.74, 6) is 0.311. The molecule has 5 heteroatoms. The Bertz CT molecular complexity index is 994. The number of carbonyl (C=O) groups excluding carboxylic acids is 2. The third kappa shape index (κ3) is 4.63.